The summed E-state index contributed by atoms with van der Waals surface area (Å²) in [7, 11) is -3.18. The van der Waals surface area contributed by atoms with Crippen molar-refractivity contribution in [1.29, 1.82) is 0 Å². The zero-order valence-corrected chi connectivity index (χ0v) is 13.5. The smallest absolute Gasteiger partial charge is 0.303 e. The summed E-state index contributed by atoms with van der Waals surface area (Å²) in [5, 5.41) is 11.4. The standard InChI is InChI=1S/C15H20N2O5S/c18-14(7-9-17-8-2-10-23(17,21)22)16-13-4-1-3-12(11-13)5-6-15(19)20/h1,3-4,11H,2,5-10H2,(H,16,18)(H,19,20). The van der Waals surface area contributed by atoms with Gasteiger partial charge in [0.1, 0.15) is 0 Å². The highest BCUT2D eigenvalue weighted by atomic mass is 32.2. The molecule has 0 spiro atoms. The molecule has 1 fully saturated rings. The second-order valence-electron chi connectivity index (χ2n) is 5.46. The van der Waals surface area contributed by atoms with E-state index in [9.17, 15) is 18.0 Å². The Hall–Kier alpha value is -1.93. The zero-order chi connectivity index (χ0) is 16.9. The lowest BCUT2D eigenvalue weighted by Crippen LogP contribution is -2.29. The Morgan fingerprint density at radius 1 is 1.26 bits per heavy atom. The van der Waals surface area contributed by atoms with Crippen molar-refractivity contribution in [2.45, 2.75) is 25.7 Å². The summed E-state index contributed by atoms with van der Waals surface area (Å²) >= 11 is 0. The topological polar surface area (TPSA) is 104 Å². The van der Waals surface area contributed by atoms with E-state index in [2.05, 4.69) is 5.32 Å². The van der Waals surface area contributed by atoms with Crippen LogP contribution in [-0.2, 0) is 26.0 Å². The summed E-state index contributed by atoms with van der Waals surface area (Å²) in [5.74, 6) is -0.978. The van der Waals surface area contributed by atoms with Gasteiger partial charge < -0.3 is 10.4 Å². The third-order valence-corrected chi connectivity index (χ3v) is 5.59. The number of hydrogen-bond donors (Lipinski definition) is 2. The van der Waals surface area contributed by atoms with E-state index >= 15 is 0 Å². The maximum absolute atomic E-state index is 11.9. The van der Waals surface area contributed by atoms with Gasteiger partial charge in [-0.15, -0.1) is 0 Å². The molecule has 7 nitrogen and oxygen atoms in total. The van der Waals surface area contributed by atoms with Crippen LogP contribution in [0.5, 0.6) is 0 Å². The molecule has 1 amide bonds. The number of nitrogens with zero attached hydrogens (tertiary/aromatic N) is 1. The van der Waals surface area contributed by atoms with E-state index in [1.807, 2.05) is 0 Å². The first-order valence-electron chi connectivity index (χ1n) is 7.45. The van der Waals surface area contributed by atoms with Crippen molar-refractivity contribution in [3.05, 3.63) is 29.8 Å². The second-order valence-corrected chi connectivity index (χ2v) is 7.55. The lowest BCUT2D eigenvalue weighted by molar-refractivity contribution is -0.137. The fraction of sp³-hybridized carbons (Fsp3) is 0.467. The number of nitrogens with one attached hydrogen (secondary N) is 1. The van der Waals surface area contributed by atoms with Crippen LogP contribution in [0.4, 0.5) is 5.69 Å². The Labute approximate surface area is 135 Å². The Bertz CT molecular complexity index is 687. The number of hydrogen-bond acceptors (Lipinski definition) is 4. The number of rotatable bonds is 7. The first-order valence-corrected chi connectivity index (χ1v) is 9.06. The lowest BCUT2D eigenvalue weighted by Gasteiger charge is -2.14. The lowest BCUT2D eigenvalue weighted by atomic mass is 10.1. The maximum Gasteiger partial charge on any atom is 0.303 e. The number of benzene rings is 1. The molecule has 0 aromatic heterocycles. The quantitative estimate of drug-likeness (QED) is 0.772. The predicted molar refractivity (Wildman–Crippen MR) is 85.6 cm³/mol. The van der Waals surface area contributed by atoms with Crippen molar-refractivity contribution in [3.8, 4) is 0 Å². The number of amides is 1. The number of anilines is 1. The SMILES string of the molecule is O=C(O)CCc1cccc(NC(=O)CCN2CCCS2(=O)=O)c1. The average molecular weight is 340 g/mol. The summed E-state index contributed by atoms with van der Waals surface area (Å²) < 4.78 is 24.6. The van der Waals surface area contributed by atoms with Crippen LogP contribution in [0.25, 0.3) is 0 Å². The van der Waals surface area contributed by atoms with E-state index < -0.39 is 16.0 Å². The minimum absolute atomic E-state index is 0.0320. The van der Waals surface area contributed by atoms with Crippen LogP contribution in [0.2, 0.25) is 0 Å². The molecule has 0 aliphatic carbocycles. The molecule has 126 valence electrons. The van der Waals surface area contributed by atoms with Crippen LogP contribution >= 0.6 is 0 Å². The van der Waals surface area contributed by atoms with Gasteiger partial charge in [0.2, 0.25) is 15.9 Å². The number of aliphatic carboxylic acids is 1. The van der Waals surface area contributed by atoms with Crippen molar-refractivity contribution >= 4 is 27.6 Å². The molecule has 1 saturated heterocycles. The third-order valence-electron chi connectivity index (χ3n) is 3.63. The van der Waals surface area contributed by atoms with Gasteiger partial charge in [-0.3, -0.25) is 9.59 Å². The normalized spacial score (nSPS) is 17.0. The van der Waals surface area contributed by atoms with E-state index in [1.54, 1.807) is 24.3 Å². The minimum atomic E-state index is -3.18. The number of carbonyl (C=O) groups excluding carboxylic acids is 1. The molecule has 0 bridgehead atoms. The number of aryl methyl sites for hydroxylation is 1. The summed E-state index contributed by atoms with van der Waals surface area (Å²) in [6.45, 7) is 0.660. The molecule has 1 aromatic carbocycles. The maximum atomic E-state index is 11.9. The fourth-order valence-corrected chi connectivity index (χ4v) is 3.98. The van der Waals surface area contributed by atoms with Gasteiger partial charge in [-0.1, -0.05) is 12.1 Å². The average Bonchev–Trinajstić information content (AvgIpc) is 2.82. The van der Waals surface area contributed by atoms with Crippen LogP contribution < -0.4 is 5.32 Å². The molecule has 0 saturated carbocycles. The Morgan fingerprint density at radius 2 is 2.04 bits per heavy atom. The predicted octanol–water partition coefficient (Wildman–Crippen LogP) is 1.07. The summed E-state index contributed by atoms with van der Waals surface area (Å²) in [6, 6.07) is 7.00. The van der Waals surface area contributed by atoms with Crippen LogP contribution in [-0.4, -0.2) is 48.5 Å². The zero-order valence-electron chi connectivity index (χ0n) is 12.7. The van der Waals surface area contributed by atoms with Gasteiger partial charge in [0.15, 0.2) is 0 Å². The summed E-state index contributed by atoms with van der Waals surface area (Å²) in [6.07, 6.45) is 1.13. The highest BCUT2D eigenvalue weighted by Gasteiger charge is 2.28. The molecule has 1 heterocycles. The van der Waals surface area contributed by atoms with Crippen LogP contribution in [0, 0.1) is 0 Å². The molecule has 8 heteroatoms. The number of sulfonamides is 1. The van der Waals surface area contributed by atoms with E-state index in [-0.39, 0.29) is 31.0 Å². The molecule has 1 aromatic rings. The van der Waals surface area contributed by atoms with Crippen LogP contribution in [0.15, 0.2) is 24.3 Å². The largest absolute Gasteiger partial charge is 0.481 e. The van der Waals surface area contributed by atoms with E-state index in [0.29, 0.717) is 25.1 Å². The highest BCUT2D eigenvalue weighted by Crippen LogP contribution is 2.15. The Balaban J connectivity index is 1.85. The van der Waals surface area contributed by atoms with Crippen molar-refractivity contribution in [3.63, 3.8) is 0 Å². The van der Waals surface area contributed by atoms with Crippen molar-refractivity contribution in [1.82, 2.24) is 4.31 Å². The minimum Gasteiger partial charge on any atom is -0.481 e. The van der Waals surface area contributed by atoms with Gasteiger partial charge in [0.05, 0.1) is 5.75 Å². The number of carboxylic acids is 1. The fourth-order valence-electron chi connectivity index (χ4n) is 2.45. The third kappa shape index (κ3) is 5.33. The van der Waals surface area contributed by atoms with Crippen LogP contribution in [0.3, 0.4) is 0 Å². The van der Waals surface area contributed by atoms with Gasteiger partial charge in [-0.2, -0.15) is 0 Å². The van der Waals surface area contributed by atoms with E-state index in [0.717, 1.165) is 5.56 Å². The van der Waals surface area contributed by atoms with E-state index in [4.69, 9.17) is 5.11 Å². The molecule has 1 aliphatic heterocycles. The monoisotopic (exact) mass is 340 g/mol. The molecule has 1 aliphatic rings. The molecule has 0 radical (unpaired) electrons. The van der Waals surface area contributed by atoms with Crippen molar-refractivity contribution < 1.29 is 23.1 Å². The first-order chi connectivity index (χ1) is 10.9. The first kappa shape index (κ1) is 17.4. The van der Waals surface area contributed by atoms with Gasteiger partial charge in [-0.05, 0) is 30.5 Å². The summed E-state index contributed by atoms with van der Waals surface area (Å²) in [5.41, 5.74) is 1.41. The van der Waals surface area contributed by atoms with Gasteiger partial charge in [0, 0.05) is 31.6 Å². The number of carboxylic acid groups (broad SMARTS) is 1. The second kappa shape index (κ2) is 7.56. The van der Waals surface area contributed by atoms with E-state index in [1.165, 1.54) is 4.31 Å². The Kier molecular flexibility index (Phi) is 5.73. The van der Waals surface area contributed by atoms with Gasteiger partial charge >= 0.3 is 5.97 Å². The molecule has 0 unspecified atom stereocenters. The van der Waals surface area contributed by atoms with Gasteiger partial charge in [0.25, 0.3) is 0 Å². The number of carbonyl (C=O) groups is 2. The molecular weight excluding hydrogens is 320 g/mol. The van der Waals surface area contributed by atoms with Crippen molar-refractivity contribution in [2.75, 3.05) is 24.2 Å². The molecule has 23 heavy (non-hydrogen) atoms. The van der Waals surface area contributed by atoms with Gasteiger partial charge in [-0.25, -0.2) is 12.7 Å². The highest BCUT2D eigenvalue weighted by molar-refractivity contribution is 7.89. The molecule has 0 atom stereocenters. The van der Waals surface area contributed by atoms with Crippen LogP contribution in [0.1, 0.15) is 24.8 Å². The summed E-state index contributed by atoms with van der Waals surface area (Å²) in [4.78, 5) is 22.5. The molecular formula is C15H20N2O5S. The molecule has 2 N–H and O–H groups in total. The molecule has 2 rings (SSSR count). The van der Waals surface area contributed by atoms with Crippen molar-refractivity contribution in [2.24, 2.45) is 0 Å². The Morgan fingerprint density at radius 3 is 2.70 bits per heavy atom.